The molecular weight excluding hydrogens is 723 g/mol. The predicted octanol–water partition coefficient (Wildman–Crippen LogP) is 16.2. The van der Waals surface area contributed by atoms with Crippen LogP contribution in [0.25, 0.3) is 66.1 Å². The van der Waals surface area contributed by atoms with Gasteiger partial charge in [0.25, 0.3) is 0 Å². The molecule has 0 aromatic heterocycles. The second-order valence-electron chi connectivity index (χ2n) is 15.9. The summed E-state index contributed by atoms with van der Waals surface area (Å²) in [5.74, 6) is 0.257. The Bertz CT molecular complexity index is 3140. The highest BCUT2D eigenvalue weighted by Crippen LogP contribution is 2.47. The van der Waals surface area contributed by atoms with E-state index in [2.05, 4.69) is 235 Å². The number of para-hydroxylation sites is 1. The molecule has 1 atom stereocenters. The van der Waals surface area contributed by atoms with Crippen LogP contribution in [0, 0.1) is 0 Å². The van der Waals surface area contributed by atoms with Crippen molar-refractivity contribution in [2.75, 3.05) is 4.90 Å². The third-order valence-electron chi connectivity index (χ3n) is 12.5. The maximum atomic E-state index is 2.40. The average molecular weight is 766 g/mol. The molecule has 0 saturated carbocycles. The summed E-state index contributed by atoms with van der Waals surface area (Å²) in [4.78, 5) is 2.39. The van der Waals surface area contributed by atoms with Crippen LogP contribution in [0.4, 0.5) is 17.1 Å². The van der Waals surface area contributed by atoms with E-state index in [-0.39, 0.29) is 5.92 Å². The minimum atomic E-state index is 0.257. The Kier molecular flexibility index (Phi) is 9.13. The molecule has 0 bridgehead atoms. The quantitative estimate of drug-likeness (QED) is 0.146. The third-order valence-corrected chi connectivity index (χ3v) is 12.5. The van der Waals surface area contributed by atoms with Gasteiger partial charge in [-0.25, -0.2) is 0 Å². The normalized spacial score (nSPS) is 13.4. The predicted molar refractivity (Wildman–Crippen MR) is 254 cm³/mol. The first-order valence-corrected chi connectivity index (χ1v) is 21.1. The van der Waals surface area contributed by atoms with Crippen molar-refractivity contribution >= 4 is 38.6 Å². The van der Waals surface area contributed by atoms with Gasteiger partial charge >= 0.3 is 0 Å². The maximum Gasteiger partial charge on any atom is 0.0468 e. The molecule has 0 N–H and O–H groups in total. The molecule has 11 rings (SSSR count). The highest BCUT2D eigenvalue weighted by Gasteiger charge is 2.26. The van der Waals surface area contributed by atoms with Crippen LogP contribution in [-0.4, -0.2) is 0 Å². The zero-order chi connectivity index (χ0) is 39.8. The van der Waals surface area contributed by atoms with Gasteiger partial charge in [0.1, 0.15) is 0 Å². The molecule has 284 valence electrons. The molecule has 0 fully saturated rings. The molecule has 0 heterocycles. The fourth-order valence-electron chi connectivity index (χ4n) is 9.74. The second kappa shape index (κ2) is 15.4. The van der Waals surface area contributed by atoms with Crippen molar-refractivity contribution in [3.8, 4) is 44.5 Å². The molecule has 1 nitrogen and oxygen atoms in total. The van der Waals surface area contributed by atoms with Crippen molar-refractivity contribution in [1.82, 2.24) is 0 Å². The minimum Gasteiger partial charge on any atom is -0.310 e. The van der Waals surface area contributed by atoms with Crippen LogP contribution in [0.2, 0.25) is 0 Å². The first-order valence-electron chi connectivity index (χ1n) is 21.1. The summed E-state index contributed by atoms with van der Waals surface area (Å²) in [7, 11) is 0. The Hall–Kier alpha value is -7.48. The minimum absolute atomic E-state index is 0.257. The SMILES string of the molecule is c1ccc(-c2cc(N(c3ccccc3)c3ccc(-c4cc5ccccc5c5ccccc45)cc3)ccc2-c2ccccc2C2CCc3ccccc3-c3ccccc32)cc1. The van der Waals surface area contributed by atoms with Gasteiger partial charge in [-0.2, -0.15) is 0 Å². The van der Waals surface area contributed by atoms with Gasteiger partial charge in [-0.15, -0.1) is 0 Å². The molecule has 10 aromatic rings. The number of fused-ring (bicyclic) bond motifs is 6. The Morgan fingerprint density at radius 2 is 0.850 bits per heavy atom. The molecule has 10 aromatic carbocycles. The van der Waals surface area contributed by atoms with Gasteiger partial charge in [-0.3, -0.25) is 0 Å². The van der Waals surface area contributed by atoms with Gasteiger partial charge in [0, 0.05) is 23.0 Å². The van der Waals surface area contributed by atoms with Crippen LogP contribution in [-0.2, 0) is 6.42 Å². The van der Waals surface area contributed by atoms with Gasteiger partial charge in [-0.1, -0.05) is 188 Å². The van der Waals surface area contributed by atoms with Crippen molar-refractivity contribution in [2.45, 2.75) is 18.8 Å². The Morgan fingerprint density at radius 3 is 1.60 bits per heavy atom. The third kappa shape index (κ3) is 6.36. The summed E-state index contributed by atoms with van der Waals surface area (Å²) in [6.07, 6.45) is 2.09. The van der Waals surface area contributed by atoms with E-state index in [4.69, 9.17) is 0 Å². The summed E-state index contributed by atoms with van der Waals surface area (Å²) < 4.78 is 0. The van der Waals surface area contributed by atoms with Gasteiger partial charge < -0.3 is 4.90 Å². The fourth-order valence-corrected chi connectivity index (χ4v) is 9.74. The monoisotopic (exact) mass is 765 g/mol. The lowest BCUT2D eigenvalue weighted by Crippen LogP contribution is -2.10. The first kappa shape index (κ1) is 35.7. The van der Waals surface area contributed by atoms with Gasteiger partial charge in [0.2, 0.25) is 0 Å². The van der Waals surface area contributed by atoms with E-state index < -0.39 is 0 Å². The van der Waals surface area contributed by atoms with E-state index in [0.717, 1.165) is 29.9 Å². The summed E-state index contributed by atoms with van der Waals surface area (Å²) in [6.45, 7) is 0. The van der Waals surface area contributed by atoms with Crippen LogP contribution in [0.15, 0.2) is 231 Å². The molecule has 1 aliphatic rings. The largest absolute Gasteiger partial charge is 0.310 e. The summed E-state index contributed by atoms with van der Waals surface area (Å²) in [5.41, 5.74) is 17.6. The van der Waals surface area contributed by atoms with Crippen LogP contribution in [0.1, 0.15) is 29.0 Å². The fraction of sp³-hybridized carbons (Fsp3) is 0.0508. The zero-order valence-corrected chi connectivity index (χ0v) is 33.4. The number of hydrogen-bond acceptors (Lipinski definition) is 1. The Morgan fingerprint density at radius 1 is 0.317 bits per heavy atom. The molecule has 1 unspecified atom stereocenters. The molecule has 0 spiro atoms. The number of hydrogen-bond donors (Lipinski definition) is 0. The summed E-state index contributed by atoms with van der Waals surface area (Å²) >= 11 is 0. The van der Waals surface area contributed by atoms with Gasteiger partial charge in [-0.05, 0) is 138 Å². The van der Waals surface area contributed by atoms with E-state index in [1.165, 1.54) is 82.7 Å². The van der Waals surface area contributed by atoms with E-state index in [1.807, 2.05) is 0 Å². The number of rotatable bonds is 7. The van der Waals surface area contributed by atoms with Crippen molar-refractivity contribution in [3.63, 3.8) is 0 Å². The van der Waals surface area contributed by atoms with E-state index in [1.54, 1.807) is 0 Å². The Balaban J connectivity index is 1.04. The smallest absolute Gasteiger partial charge is 0.0468 e. The molecule has 1 aliphatic carbocycles. The molecule has 60 heavy (non-hydrogen) atoms. The Labute approximate surface area is 352 Å². The zero-order valence-electron chi connectivity index (χ0n) is 33.4. The number of benzene rings is 10. The second-order valence-corrected chi connectivity index (χ2v) is 15.9. The van der Waals surface area contributed by atoms with E-state index in [9.17, 15) is 0 Å². The number of aryl methyl sites for hydroxylation is 1. The highest BCUT2D eigenvalue weighted by atomic mass is 15.1. The first-order chi connectivity index (χ1) is 29.8. The van der Waals surface area contributed by atoms with Crippen LogP contribution < -0.4 is 4.90 Å². The van der Waals surface area contributed by atoms with Crippen LogP contribution in [0.5, 0.6) is 0 Å². The average Bonchev–Trinajstić information content (AvgIpc) is 3.49. The van der Waals surface area contributed by atoms with Gasteiger partial charge in [0.15, 0.2) is 0 Å². The topological polar surface area (TPSA) is 3.24 Å². The standard InChI is InChI=1S/C59H43N/c1-3-17-41(18-4-1)59-40-47(36-38-57(59)54-29-15-14-28-53(54)56-37-33-42-19-7-9-23-48(42)50-25-11-13-27-52(50)56)60(45-21-5-2-6-22-45)46-34-31-43(32-35-46)58-39-44-20-8-10-24-49(44)51-26-12-16-30-55(51)58/h1-32,34-36,38-40,56H,33,37H2. The molecular formula is C59H43N. The van der Waals surface area contributed by atoms with Crippen LogP contribution in [0.3, 0.4) is 0 Å². The highest BCUT2D eigenvalue weighted by molar-refractivity contribution is 6.13. The van der Waals surface area contributed by atoms with Gasteiger partial charge in [0.05, 0.1) is 0 Å². The summed E-state index contributed by atoms with van der Waals surface area (Å²) in [5, 5.41) is 5.09. The molecule has 1 heteroatoms. The van der Waals surface area contributed by atoms with E-state index in [0.29, 0.717) is 0 Å². The maximum absolute atomic E-state index is 2.40. The molecule has 0 aliphatic heterocycles. The molecule has 0 radical (unpaired) electrons. The lowest BCUT2D eigenvalue weighted by Gasteiger charge is -2.28. The lowest BCUT2D eigenvalue weighted by atomic mass is 9.81. The van der Waals surface area contributed by atoms with Crippen LogP contribution >= 0.6 is 0 Å². The van der Waals surface area contributed by atoms with Crippen molar-refractivity contribution in [1.29, 1.82) is 0 Å². The van der Waals surface area contributed by atoms with E-state index >= 15 is 0 Å². The molecule has 0 amide bonds. The van der Waals surface area contributed by atoms with Crippen molar-refractivity contribution in [3.05, 3.63) is 247 Å². The number of anilines is 3. The molecule has 0 saturated heterocycles. The number of nitrogens with zero attached hydrogens (tertiary/aromatic N) is 1. The lowest BCUT2D eigenvalue weighted by molar-refractivity contribution is 0.727. The summed E-state index contributed by atoms with van der Waals surface area (Å²) in [6, 6.07) is 84.9. The van der Waals surface area contributed by atoms with Crippen molar-refractivity contribution < 1.29 is 0 Å². The van der Waals surface area contributed by atoms with Crippen molar-refractivity contribution in [2.24, 2.45) is 0 Å².